The van der Waals surface area contributed by atoms with Crippen LogP contribution in [0, 0.1) is 5.92 Å². The van der Waals surface area contributed by atoms with Crippen molar-refractivity contribution in [3.8, 4) is 0 Å². The number of benzene rings is 1. The van der Waals surface area contributed by atoms with Crippen LogP contribution >= 0.6 is 0 Å². The van der Waals surface area contributed by atoms with Gasteiger partial charge in [0.15, 0.2) is 0 Å². The number of carbonyl (C=O) groups is 6. The summed E-state index contributed by atoms with van der Waals surface area (Å²) < 4.78 is 0. The van der Waals surface area contributed by atoms with Gasteiger partial charge in [-0.05, 0) is 78.3 Å². The lowest BCUT2D eigenvalue weighted by Gasteiger charge is -2.38. The largest absolute Gasteiger partial charge is 0.391 e. The molecule has 3 rings (SSSR count). The molecule has 7 amide bonds. The number of aliphatic hydroxyl groups excluding tert-OH is 2. The highest BCUT2D eigenvalue weighted by molar-refractivity contribution is 6.00. The first-order valence-corrected chi connectivity index (χ1v) is 17.4. The third-order valence-corrected chi connectivity index (χ3v) is 8.70. The lowest BCUT2D eigenvalue weighted by molar-refractivity contribution is -0.135. The number of amides is 7. The first-order chi connectivity index (χ1) is 23.4. The van der Waals surface area contributed by atoms with E-state index in [4.69, 9.17) is 0 Å². The number of hydrogen-bond acceptors (Lipinski definition) is 9. The van der Waals surface area contributed by atoms with Crippen molar-refractivity contribution in [1.29, 1.82) is 0 Å². The number of aliphatic hydroxyl groups is 2. The average Bonchev–Trinajstić information content (AvgIpc) is 3.47. The molecule has 1 aromatic rings. The smallest absolute Gasteiger partial charge is 0.322 e. The molecule has 0 saturated carbocycles. The van der Waals surface area contributed by atoms with Crippen LogP contribution in [0.15, 0.2) is 30.3 Å². The first-order valence-electron chi connectivity index (χ1n) is 17.4. The number of fused-ring (bicyclic) bond motifs is 1. The number of hydrogen-bond donors (Lipinski definition) is 8. The highest BCUT2D eigenvalue weighted by Gasteiger charge is 2.44. The Balaban J connectivity index is 2.07. The Morgan fingerprint density at radius 3 is 2.22 bits per heavy atom. The molecule has 15 nitrogen and oxygen atoms in total. The van der Waals surface area contributed by atoms with Gasteiger partial charge < -0.3 is 36.8 Å². The molecule has 1 unspecified atom stereocenters. The van der Waals surface area contributed by atoms with E-state index in [-0.39, 0.29) is 18.8 Å². The molecule has 2 heterocycles. The van der Waals surface area contributed by atoms with E-state index in [0.29, 0.717) is 19.4 Å². The molecule has 2 fully saturated rings. The molecule has 1 aromatic carbocycles. The molecule has 2 saturated heterocycles. The fraction of sp³-hybridized carbons (Fsp3) is 0.657. The summed E-state index contributed by atoms with van der Waals surface area (Å²) >= 11 is 0. The van der Waals surface area contributed by atoms with Crippen molar-refractivity contribution in [2.45, 2.75) is 135 Å². The summed E-state index contributed by atoms with van der Waals surface area (Å²) in [5.74, 6) is -3.35. The van der Waals surface area contributed by atoms with Crippen LogP contribution in [0.25, 0.3) is 0 Å². The van der Waals surface area contributed by atoms with E-state index < -0.39 is 96.0 Å². The highest BCUT2D eigenvalue weighted by atomic mass is 16.3. The SMILES string of the molecule is CC(C)C[C@@H]1NC(=O)C[C@H](O)C(Cc2ccccc2)NC(=O)[C@@H]2CCCN2[C@H](C(=O)NC(C)(C)C)[C@H](C)NC(=O)[C@H]([C@@H](C)O)NC(=O)NC1=O. The van der Waals surface area contributed by atoms with Crippen LogP contribution in [0.2, 0.25) is 0 Å². The summed E-state index contributed by atoms with van der Waals surface area (Å²) in [7, 11) is 0. The van der Waals surface area contributed by atoms with Gasteiger partial charge in [-0.3, -0.25) is 34.2 Å². The maximum atomic E-state index is 14.1. The molecule has 0 bridgehead atoms. The number of carbonyl (C=O) groups excluding carboxylic acids is 6. The number of imide groups is 1. The van der Waals surface area contributed by atoms with E-state index in [2.05, 4.69) is 31.9 Å². The third kappa shape index (κ3) is 11.8. The predicted molar refractivity (Wildman–Crippen MR) is 185 cm³/mol. The second kappa shape index (κ2) is 17.7. The Morgan fingerprint density at radius 2 is 1.62 bits per heavy atom. The van der Waals surface area contributed by atoms with Gasteiger partial charge >= 0.3 is 6.03 Å². The van der Waals surface area contributed by atoms with E-state index in [1.807, 2.05) is 44.2 Å². The first kappa shape index (κ1) is 40.4. The second-order valence-electron chi connectivity index (χ2n) is 14.9. The van der Waals surface area contributed by atoms with Crippen LogP contribution in [0.5, 0.6) is 0 Å². The van der Waals surface area contributed by atoms with Gasteiger partial charge in [0.2, 0.25) is 23.6 Å². The molecule has 8 atom stereocenters. The van der Waals surface area contributed by atoms with Gasteiger partial charge in [-0.15, -0.1) is 0 Å². The summed E-state index contributed by atoms with van der Waals surface area (Å²) in [6.45, 7) is 12.3. The lowest BCUT2D eigenvalue weighted by atomic mass is 9.97. The van der Waals surface area contributed by atoms with E-state index >= 15 is 0 Å². The van der Waals surface area contributed by atoms with Gasteiger partial charge in [-0.25, -0.2) is 4.79 Å². The topological polar surface area (TPSA) is 218 Å². The van der Waals surface area contributed by atoms with Crippen molar-refractivity contribution >= 4 is 35.6 Å². The Bertz CT molecular complexity index is 1370. The quantitative estimate of drug-likeness (QED) is 0.197. The van der Waals surface area contributed by atoms with E-state index in [9.17, 15) is 39.0 Å². The fourth-order valence-corrected chi connectivity index (χ4v) is 6.41. The van der Waals surface area contributed by atoms with Crippen LogP contribution in [0.1, 0.15) is 79.7 Å². The highest BCUT2D eigenvalue weighted by Crippen LogP contribution is 2.24. The number of rotatable bonds is 6. The van der Waals surface area contributed by atoms with Crippen LogP contribution in [0.4, 0.5) is 4.79 Å². The summed E-state index contributed by atoms with van der Waals surface area (Å²) in [6, 6.07) is 1.65. The van der Waals surface area contributed by atoms with Crippen molar-refractivity contribution in [3.63, 3.8) is 0 Å². The van der Waals surface area contributed by atoms with Gasteiger partial charge in [0, 0.05) is 5.54 Å². The zero-order valence-corrected chi connectivity index (χ0v) is 30.1. The monoisotopic (exact) mass is 701 g/mol. The van der Waals surface area contributed by atoms with Crippen LogP contribution in [-0.2, 0) is 30.4 Å². The van der Waals surface area contributed by atoms with Gasteiger partial charge in [0.1, 0.15) is 18.1 Å². The second-order valence-corrected chi connectivity index (χ2v) is 14.9. The zero-order chi connectivity index (χ0) is 37.3. The summed E-state index contributed by atoms with van der Waals surface area (Å²) in [5.41, 5.74) is 0.143. The minimum Gasteiger partial charge on any atom is -0.391 e. The molecule has 278 valence electrons. The van der Waals surface area contributed by atoms with Gasteiger partial charge in [0.05, 0.1) is 36.8 Å². The van der Waals surface area contributed by atoms with Crippen molar-refractivity contribution in [1.82, 2.24) is 36.8 Å². The number of nitrogens with one attached hydrogen (secondary N) is 6. The van der Waals surface area contributed by atoms with Gasteiger partial charge in [-0.2, -0.15) is 0 Å². The molecule has 0 aliphatic carbocycles. The summed E-state index contributed by atoms with van der Waals surface area (Å²) in [5, 5.41) is 37.5. The van der Waals surface area contributed by atoms with Gasteiger partial charge in [-0.1, -0.05) is 44.2 Å². The van der Waals surface area contributed by atoms with E-state index in [0.717, 1.165) is 5.56 Å². The molecule has 0 aromatic heterocycles. The minimum atomic E-state index is -1.52. The van der Waals surface area contributed by atoms with E-state index in [1.165, 1.54) is 6.92 Å². The van der Waals surface area contributed by atoms with Crippen molar-refractivity contribution in [2.24, 2.45) is 5.92 Å². The molecule has 2 aliphatic heterocycles. The Kier molecular flexibility index (Phi) is 14.3. The van der Waals surface area contributed by atoms with E-state index in [1.54, 1.807) is 32.6 Å². The maximum Gasteiger partial charge on any atom is 0.322 e. The zero-order valence-electron chi connectivity index (χ0n) is 30.1. The molecular weight excluding hydrogens is 646 g/mol. The third-order valence-electron chi connectivity index (χ3n) is 8.70. The maximum absolute atomic E-state index is 14.1. The van der Waals surface area contributed by atoms with Crippen LogP contribution < -0.4 is 31.9 Å². The molecular formula is C35H55N7O8. The molecule has 2 aliphatic rings. The number of nitrogens with zero attached hydrogens (tertiary/aromatic N) is 1. The molecule has 8 N–H and O–H groups in total. The summed E-state index contributed by atoms with van der Waals surface area (Å²) in [4.78, 5) is 82.6. The Hall–Kier alpha value is -4.08. The fourth-order valence-electron chi connectivity index (χ4n) is 6.41. The molecule has 15 heteroatoms. The number of urea groups is 1. The molecule has 0 spiro atoms. The minimum absolute atomic E-state index is 0.0824. The Labute approximate surface area is 294 Å². The Morgan fingerprint density at radius 1 is 0.960 bits per heavy atom. The molecule has 50 heavy (non-hydrogen) atoms. The van der Waals surface area contributed by atoms with Crippen molar-refractivity contribution in [3.05, 3.63) is 35.9 Å². The van der Waals surface area contributed by atoms with Crippen molar-refractivity contribution in [2.75, 3.05) is 6.54 Å². The van der Waals surface area contributed by atoms with Crippen LogP contribution in [0.3, 0.4) is 0 Å². The van der Waals surface area contributed by atoms with Crippen molar-refractivity contribution < 1.29 is 39.0 Å². The van der Waals surface area contributed by atoms with Gasteiger partial charge in [0.25, 0.3) is 5.91 Å². The lowest BCUT2D eigenvalue weighted by Crippen LogP contribution is -2.65. The standard InChI is InChI=1S/C35H55N7O8/c1-19(2)16-24-30(46)40-34(50)39-28(21(4)43)32(48)36-20(3)29(33(49)41-35(5,6)7)42-15-11-14-25(42)31(47)38-23(26(44)18-27(45)37-24)17-22-12-9-8-10-13-22/h8-10,12-13,19-21,23-26,28-29,43-44H,11,14-18H2,1-7H3,(H,36,48)(H,37,45)(H,38,47)(H,41,49)(H2,39,40,46,50)/t20-,21+,23?,24-,25-,26-,28-,29-/m0/s1. The predicted octanol–water partition coefficient (Wildman–Crippen LogP) is -0.163. The summed E-state index contributed by atoms with van der Waals surface area (Å²) in [6.07, 6.45) is -1.95. The normalized spacial score (nSPS) is 28.8. The molecule has 0 radical (unpaired) electrons. The van der Waals surface area contributed by atoms with Crippen LogP contribution in [-0.4, -0.2) is 111 Å². The average molecular weight is 702 g/mol.